The van der Waals surface area contributed by atoms with Gasteiger partial charge >= 0.3 is 11.9 Å². The van der Waals surface area contributed by atoms with Crippen LogP contribution in [0.1, 0.15) is 36.7 Å². The summed E-state index contributed by atoms with van der Waals surface area (Å²) in [5.41, 5.74) is 1.98. The van der Waals surface area contributed by atoms with Crippen molar-refractivity contribution < 1.29 is 33.3 Å². The number of carbonyl (C=O) groups is 2. The van der Waals surface area contributed by atoms with Crippen LogP contribution in [-0.2, 0) is 20.9 Å². The second kappa shape index (κ2) is 8.03. The van der Waals surface area contributed by atoms with E-state index < -0.39 is 11.6 Å². The quantitative estimate of drug-likeness (QED) is 0.655. The minimum atomic E-state index is -0.852. The van der Waals surface area contributed by atoms with Crippen LogP contribution < -0.4 is 14.2 Å². The van der Waals surface area contributed by atoms with Gasteiger partial charge in [0.15, 0.2) is 11.5 Å². The normalized spacial score (nSPS) is 12.8. The molecule has 0 saturated heterocycles. The highest BCUT2D eigenvalue weighted by Crippen LogP contribution is 2.46. The van der Waals surface area contributed by atoms with Crippen molar-refractivity contribution in [1.29, 1.82) is 0 Å². The lowest BCUT2D eigenvalue weighted by molar-refractivity contribution is -0.156. The van der Waals surface area contributed by atoms with Gasteiger partial charge in [0.2, 0.25) is 5.75 Å². The topological polar surface area (TPSA) is 80.3 Å². The molecule has 1 aliphatic heterocycles. The first kappa shape index (κ1) is 20.5. The number of carbonyl (C=O) groups excluding carboxylic acids is 2. The molecule has 0 saturated carbocycles. The lowest BCUT2D eigenvalue weighted by Gasteiger charge is -2.26. The lowest BCUT2D eigenvalue weighted by Crippen LogP contribution is -2.34. The van der Waals surface area contributed by atoms with Gasteiger partial charge in [-0.05, 0) is 37.6 Å². The fraction of sp³-hybridized carbons (Fsp3) is 0.364. The van der Waals surface area contributed by atoms with Crippen LogP contribution in [0.2, 0.25) is 0 Å². The Labute approximate surface area is 169 Å². The van der Waals surface area contributed by atoms with E-state index >= 15 is 0 Å². The highest BCUT2D eigenvalue weighted by molar-refractivity contribution is 5.96. The third-order valence-corrected chi connectivity index (χ3v) is 4.52. The molecule has 0 radical (unpaired) electrons. The number of cyclic esters (lactones) is 1. The summed E-state index contributed by atoms with van der Waals surface area (Å²) in [5, 5.41) is 0. The van der Waals surface area contributed by atoms with E-state index in [1.54, 1.807) is 32.0 Å². The van der Waals surface area contributed by atoms with Gasteiger partial charge in [0.05, 0.1) is 19.8 Å². The lowest BCUT2D eigenvalue weighted by atomic mass is 9.95. The molecule has 29 heavy (non-hydrogen) atoms. The van der Waals surface area contributed by atoms with E-state index in [1.807, 2.05) is 12.1 Å². The first-order valence-corrected chi connectivity index (χ1v) is 9.14. The van der Waals surface area contributed by atoms with Crippen molar-refractivity contribution in [3.63, 3.8) is 0 Å². The summed E-state index contributed by atoms with van der Waals surface area (Å²) in [4.78, 5) is 23.3. The third-order valence-electron chi connectivity index (χ3n) is 4.52. The van der Waals surface area contributed by atoms with Gasteiger partial charge in [-0.1, -0.05) is 12.1 Å². The summed E-state index contributed by atoms with van der Waals surface area (Å²) < 4.78 is 27.6. The van der Waals surface area contributed by atoms with Crippen molar-refractivity contribution in [2.24, 2.45) is 0 Å². The molecular formula is C22H24O7. The minimum Gasteiger partial charge on any atom is -0.493 e. The van der Waals surface area contributed by atoms with Gasteiger partial charge in [-0.2, -0.15) is 0 Å². The molecule has 1 heterocycles. The zero-order valence-corrected chi connectivity index (χ0v) is 17.2. The number of rotatable bonds is 7. The SMILES string of the molecule is COc1ccc(-c2cccc3c2COC3=O)c(OCC(C)(C)OC(C)=O)c1OC. The molecule has 0 aromatic heterocycles. The van der Waals surface area contributed by atoms with E-state index in [1.165, 1.54) is 21.1 Å². The first-order chi connectivity index (χ1) is 13.8. The molecule has 2 aromatic rings. The maximum absolute atomic E-state index is 12.0. The van der Waals surface area contributed by atoms with Crippen LogP contribution >= 0.6 is 0 Å². The predicted octanol–water partition coefficient (Wildman–Crippen LogP) is 3.76. The average molecular weight is 400 g/mol. The molecule has 0 bridgehead atoms. The van der Waals surface area contributed by atoms with Gasteiger partial charge < -0.3 is 23.7 Å². The molecule has 0 atom stereocenters. The molecule has 0 amide bonds. The van der Waals surface area contributed by atoms with E-state index in [4.69, 9.17) is 23.7 Å². The zero-order chi connectivity index (χ0) is 21.2. The molecule has 7 nitrogen and oxygen atoms in total. The van der Waals surface area contributed by atoms with Crippen molar-refractivity contribution in [2.45, 2.75) is 33.0 Å². The number of fused-ring (bicyclic) bond motifs is 1. The van der Waals surface area contributed by atoms with Gasteiger partial charge in [0.25, 0.3) is 0 Å². The Morgan fingerprint density at radius 1 is 1.03 bits per heavy atom. The van der Waals surface area contributed by atoms with E-state index in [9.17, 15) is 9.59 Å². The Bertz CT molecular complexity index is 946. The molecule has 0 fully saturated rings. The molecule has 154 valence electrons. The van der Waals surface area contributed by atoms with E-state index in [2.05, 4.69) is 0 Å². The molecule has 0 unspecified atom stereocenters. The van der Waals surface area contributed by atoms with E-state index in [-0.39, 0.29) is 19.2 Å². The Balaban J connectivity index is 2.09. The fourth-order valence-corrected chi connectivity index (χ4v) is 3.32. The molecule has 7 heteroatoms. The van der Waals surface area contributed by atoms with Crippen molar-refractivity contribution in [1.82, 2.24) is 0 Å². The van der Waals surface area contributed by atoms with E-state index in [0.717, 1.165) is 16.7 Å². The van der Waals surface area contributed by atoms with Gasteiger partial charge in [-0.25, -0.2) is 4.79 Å². The minimum absolute atomic E-state index is 0.0908. The molecule has 0 spiro atoms. The van der Waals surface area contributed by atoms with Crippen molar-refractivity contribution in [3.05, 3.63) is 41.5 Å². The summed E-state index contributed by atoms with van der Waals surface area (Å²) >= 11 is 0. The second-order valence-electron chi connectivity index (χ2n) is 7.23. The highest BCUT2D eigenvalue weighted by atomic mass is 16.6. The third kappa shape index (κ3) is 4.13. The fourth-order valence-electron chi connectivity index (χ4n) is 3.32. The second-order valence-corrected chi connectivity index (χ2v) is 7.23. The van der Waals surface area contributed by atoms with Crippen LogP contribution in [0, 0.1) is 0 Å². The number of methoxy groups -OCH3 is 2. The zero-order valence-electron chi connectivity index (χ0n) is 17.2. The van der Waals surface area contributed by atoms with Crippen molar-refractivity contribution in [2.75, 3.05) is 20.8 Å². The Hall–Kier alpha value is -3.22. The summed E-state index contributed by atoms with van der Waals surface area (Å²) in [6.07, 6.45) is 0. The monoisotopic (exact) mass is 400 g/mol. The summed E-state index contributed by atoms with van der Waals surface area (Å²) in [6.45, 7) is 5.15. The van der Waals surface area contributed by atoms with Crippen LogP contribution in [0.25, 0.3) is 11.1 Å². The number of hydrogen-bond donors (Lipinski definition) is 0. The van der Waals surface area contributed by atoms with Crippen LogP contribution in [0.15, 0.2) is 30.3 Å². The Morgan fingerprint density at radius 3 is 2.41 bits per heavy atom. The van der Waals surface area contributed by atoms with Crippen LogP contribution in [0.5, 0.6) is 17.2 Å². The molecule has 0 aliphatic carbocycles. The summed E-state index contributed by atoms with van der Waals surface area (Å²) in [6, 6.07) is 9.04. The number of benzene rings is 2. The highest BCUT2D eigenvalue weighted by Gasteiger charge is 2.29. The van der Waals surface area contributed by atoms with Gasteiger partial charge in [0.1, 0.15) is 18.8 Å². The predicted molar refractivity (Wildman–Crippen MR) is 105 cm³/mol. The van der Waals surface area contributed by atoms with Crippen molar-refractivity contribution in [3.8, 4) is 28.4 Å². The first-order valence-electron chi connectivity index (χ1n) is 9.14. The maximum atomic E-state index is 12.0. The van der Waals surface area contributed by atoms with Crippen LogP contribution in [0.4, 0.5) is 0 Å². The summed E-state index contributed by atoms with van der Waals surface area (Å²) in [7, 11) is 3.06. The molecular weight excluding hydrogens is 376 g/mol. The number of ether oxygens (including phenoxy) is 5. The van der Waals surface area contributed by atoms with Gasteiger partial charge in [0, 0.05) is 18.1 Å². The van der Waals surface area contributed by atoms with Crippen LogP contribution in [0.3, 0.4) is 0 Å². The average Bonchev–Trinajstić information content (AvgIpc) is 3.05. The number of hydrogen-bond acceptors (Lipinski definition) is 7. The smallest absolute Gasteiger partial charge is 0.338 e. The Kier molecular flexibility index (Phi) is 5.68. The summed E-state index contributed by atoms with van der Waals surface area (Å²) in [5.74, 6) is 0.594. The number of esters is 2. The molecule has 3 rings (SSSR count). The largest absolute Gasteiger partial charge is 0.493 e. The Morgan fingerprint density at radius 2 is 1.76 bits per heavy atom. The van der Waals surface area contributed by atoms with Gasteiger partial charge in [-0.3, -0.25) is 4.79 Å². The van der Waals surface area contributed by atoms with Gasteiger partial charge in [-0.15, -0.1) is 0 Å². The standard InChI is InChI=1S/C22H24O7/c1-13(23)29-22(2,3)12-28-19-15(9-10-18(25-4)20(19)26-5)14-7-6-8-16-17(14)11-27-21(16)24/h6-10H,11-12H2,1-5H3. The van der Waals surface area contributed by atoms with E-state index in [0.29, 0.717) is 22.8 Å². The molecule has 1 aliphatic rings. The molecule has 2 aromatic carbocycles. The maximum Gasteiger partial charge on any atom is 0.338 e. The molecule has 0 N–H and O–H groups in total. The van der Waals surface area contributed by atoms with Crippen LogP contribution in [-0.4, -0.2) is 38.4 Å². The van der Waals surface area contributed by atoms with Crippen molar-refractivity contribution >= 4 is 11.9 Å².